The second-order valence-corrected chi connectivity index (χ2v) is 5.36. The van der Waals surface area contributed by atoms with Gasteiger partial charge in [-0.25, -0.2) is 4.98 Å². The number of fused-ring (bicyclic) bond motifs is 1. The highest BCUT2D eigenvalue weighted by molar-refractivity contribution is 5.77. The van der Waals surface area contributed by atoms with Gasteiger partial charge in [0.1, 0.15) is 5.82 Å². The Morgan fingerprint density at radius 1 is 1.40 bits per heavy atom. The van der Waals surface area contributed by atoms with Crippen LogP contribution in [0.5, 0.6) is 0 Å². The molecule has 2 heterocycles. The van der Waals surface area contributed by atoms with E-state index in [-0.39, 0.29) is 18.2 Å². The van der Waals surface area contributed by atoms with Crippen LogP contribution in [0.15, 0.2) is 29.1 Å². The predicted octanol–water partition coefficient (Wildman–Crippen LogP) is 0.890. The van der Waals surface area contributed by atoms with Crippen molar-refractivity contribution in [3.63, 3.8) is 0 Å². The van der Waals surface area contributed by atoms with Gasteiger partial charge in [0.25, 0.3) is 5.56 Å². The fraction of sp³-hybridized carbons (Fsp3) is 0.467. The summed E-state index contributed by atoms with van der Waals surface area (Å²) in [5.74, 6) is 0.758. The van der Waals surface area contributed by atoms with E-state index in [1.807, 2.05) is 18.2 Å². The van der Waals surface area contributed by atoms with Crippen molar-refractivity contribution in [2.75, 3.05) is 13.2 Å². The minimum absolute atomic E-state index is 0.00894. The van der Waals surface area contributed by atoms with Gasteiger partial charge in [-0.15, -0.1) is 0 Å². The molecule has 0 radical (unpaired) electrons. The van der Waals surface area contributed by atoms with Crippen LogP contribution in [0.1, 0.15) is 18.7 Å². The number of aliphatic hydroxyl groups excluding tert-OH is 1. The Balaban J connectivity index is 1.99. The van der Waals surface area contributed by atoms with E-state index < -0.39 is 0 Å². The second-order valence-electron chi connectivity index (χ2n) is 5.36. The molecule has 0 aliphatic carbocycles. The summed E-state index contributed by atoms with van der Waals surface area (Å²) < 4.78 is 1.62. The van der Waals surface area contributed by atoms with Gasteiger partial charge in [-0.3, -0.25) is 14.3 Å². The van der Waals surface area contributed by atoms with Crippen LogP contribution in [0, 0.1) is 0 Å². The summed E-state index contributed by atoms with van der Waals surface area (Å²) in [4.78, 5) is 19.1. The zero-order valence-corrected chi connectivity index (χ0v) is 11.6. The van der Waals surface area contributed by atoms with E-state index in [0.29, 0.717) is 11.9 Å². The van der Waals surface area contributed by atoms with E-state index in [0.717, 1.165) is 30.7 Å². The highest BCUT2D eigenvalue weighted by Crippen LogP contribution is 2.19. The van der Waals surface area contributed by atoms with Crippen molar-refractivity contribution in [2.24, 2.45) is 7.05 Å². The van der Waals surface area contributed by atoms with Crippen molar-refractivity contribution in [3.05, 3.63) is 40.4 Å². The van der Waals surface area contributed by atoms with E-state index >= 15 is 0 Å². The zero-order chi connectivity index (χ0) is 14.1. The van der Waals surface area contributed by atoms with E-state index in [1.54, 1.807) is 17.7 Å². The Bertz CT molecular complexity index is 680. The third kappa shape index (κ3) is 2.23. The van der Waals surface area contributed by atoms with Crippen LogP contribution < -0.4 is 5.56 Å². The van der Waals surface area contributed by atoms with Gasteiger partial charge in [0.15, 0.2) is 0 Å². The fourth-order valence-corrected chi connectivity index (χ4v) is 2.90. The molecule has 1 N–H and O–H groups in total. The topological polar surface area (TPSA) is 58.4 Å². The molecule has 0 spiro atoms. The molecular formula is C15H19N3O2. The highest BCUT2D eigenvalue weighted by Gasteiger charge is 2.25. The summed E-state index contributed by atoms with van der Waals surface area (Å²) in [6.45, 7) is 1.73. The van der Waals surface area contributed by atoms with Crippen LogP contribution in [-0.2, 0) is 13.6 Å². The number of hydrogen-bond acceptors (Lipinski definition) is 4. The summed E-state index contributed by atoms with van der Waals surface area (Å²) in [5, 5.41) is 10.0. The quantitative estimate of drug-likeness (QED) is 0.902. The lowest BCUT2D eigenvalue weighted by Gasteiger charge is -2.23. The van der Waals surface area contributed by atoms with Gasteiger partial charge in [-0.1, -0.05) is 12.1 Å². The first-order valence-corrected chi connectivity index (χ1v) is 7.00. The minimum Gasteiger partial charge on any atom is -0.395 e. The van der Waals surface area contributed by atoms with Gasteiger partial charge in [0, 0.05) is 13.1 Å². The molecule has 0 saturated carbocycles. The Labute approximate surface area is 117 Å². The third-order valence-corrected chi connectivity index (χ3v) is 4.13. The maximum atomic E-state index is 12.3. The first-order valence-electron chi connectivity index (χ1n) is 7.00. The molecule has 106 valence electrons. The Morgan fingerprint density at radius 2 is 2.20 bits per heavy atom. The maximum absolute atomic E-state index is 12.3. The molecule has 1 aromatic carbocycles. The SMILES string of the molecule is Cn1c(CN2CCC[C@@H]2CO)nc2ccccc2c1=O. The first kappa shape index (κ1) is 13.3. The van der Waals surface area contributed by atoms with Gasteiger partial charge in [0.05, 0.1) is 24.1 Å². The second kappa shape index (κ2) is 5.34. The number of nitrogens with zero attached hydrogens (tertiary/aromatic N) is 3. The molecule has 5 heteroatoms. The van der Waals surface area contributed by atoms with Crippen molar-refractivity contribution in [1.82, 2.24) is 14.5 Å². The van der Waals surface area contributed by atoms with E-state index in [9.17, 15) is 9.90 Å². The number of likely N-dealkylation sites (tertiary alicyclic amines) is 1. The molecule has 1 aliphatic heterocycles. The lowest BCUT2D eigenvalue weighted by atomic mass is 10.2. The molecule has 5 nitrogen and oxygen atoms in total. The normalized spacial score (nSPS) is 19.8. The molecule has 1 fully saturated rings. The standard InChI is InChI=1S/C15H19N3O2/c1-17-14(9-18-8-4-5-11(18)10-19)16-13-7-3-2-6-12(13)15(17)20/h2-3,6-7,11,19H,4-5,8-10H2,1H3/t11-/m1/s1. The van der Waals surface area contributed by atoms with Gasteiger partial charge in [-0.2, -0.15) is 0 Å². The van der Waals surface area contributed by atoms with Crippen molar-refractivity contribution in [2.45, 2.75) is 25.4 Å². The third-order valence-electron chi connectivity index (χ3n) is 4.13. The lowest BCUT2D eigenvalue weighted by Crippen LogP contribution is -2.34. The Morgan fingerprint density at radius 3 is 3.00 bits per heavy atom. The summed E-state index contributed by atoms with van der Waals surface area (Å²) >= 11 is 0. The van der Waals surface area contributed by atoms with E-state index in [2.05, 4.69) is 9.88 Å². The maximum Gasteiger partial charge on any atom is 0.261 e. The van der Waals surface area contributed by atoms with E-state index in [4.69, 9.17) is 0 Å². The van der Waals surface area contributed by atoms with Crippen LogP contribution in [0.2, 0.25) is 0 Å². The van der Waals surface area contributed by atoms with Gasteiger partial charge < -0.3 is 5.11 Å². The summed E-state index contributed by atoms with van der Waals surface area (Å²) in [7, 11) is 1.77. The van der Waals surface area contributed by atoms with Gasteiger partial charge in [0.2, 0.25) is 0 Å². The molecule has 0 bridgehead atoms. The van der Waals surface area contributed by atoms with Crippen LogP contribution >= 0.6 is 0 Å². The van der Waals surface area contributed by atoms with Gasteiger partial charge >= 0.3 is 0 Å². The molecule has 1 saturated heterocycles. The average molecular weight is 273 g/mol. The van der Waals surface area contributed by atoms with Crippen LogP contribution in [-0.4, -0.2) is 38.8 Å². The van der Waals surface area contributed by atoms with Gasteiger partial charge in [-0.05, 0) is 31.5 Å². The molecule has 3 rings (SSSR count). The molecule has 1 atom stereocenters. The number of aromatic nitrogens is 2. The highest BCUT2D eigenvalue weighted by atomic mass is 16.3. The molecule has 0 unspecified atom stereocenters. The van der Waals surface area contributed by atoms with Crippen LogP contribution in [0.25, 0.3) is 10.9 Å². The average Bonchev–Trinajstić information content (AvgIpc) is 2.92. The molecule has 0 amide bonds. The van der Waals surface area contributed by atoms with Crippen LogP contribution in [0.4, 0.5) is 0 Å². The van der Waals surface area contributed by atoms with Crippen molar-refractivity contribution in [3.8, 4) is 0 Å². The molecule has 1 aliphatic rings. The molecular weight excluding hydrogens is 254 g/mol. The smallest absolute Gasteiger partial charge is 0.261 e. The zero-order valence-electron chi connectivity index (χ0n) is 11.6. The molecule has 2 aromatic rings. The predicted molar refractivity (Wildman–Crippen MR) is 77.5 cm³/mol. The number of para-hydroxylation sites is 1. The van der Waals surface area contributed by atoms with Crippen LogP contribution in [0.3, 0.4) is 0 Å². The monoisotopic (exact) mass is 273 g/mol. The first-order chi connectivity index (χ1) is 9.70. The Kier molecular flexibility index (Phi) is 3.54. The number of hydrogen-bond donors (Lipinski definition) is 1. The molecule has 1 aromatic heterocycles. The molecule has 20 heavy (non-hydrogen) atoms. The van der Waals surface area contributed by atoms with Crippen molar-refractivity contribution < 1.29 is 5.11 Å². The number of benzene rings is 1. The fourth-order valence-electron chi connectivity index (χ4n) is 2.90. The van der Waals surface area contributed by atoms with Crippen molar-refractivity contribution in [1.29, 1.82) is 0 Å². The van der Waals surface area contributed by atoms with E-state index in [1.165, 1.54) is 0 Å². The minimum atomic E-state index is -0.00894. The number of rotatable bonds is 3. The van der Waals surface area contributed by atoms with Crippen molar-refractivity contribution >= 4 is 10.9 Å². The summed E-state index contributed by atoms with van der Waals surface area (Å²) in [6, 6.07) is 7.62. The number of aliphatic hydroxyl groups is 1. The lowest BCUT2D eigenvalue weighted by molar-refractivity contribution is 0.150. The summed E-state index contributed by atoms with van der Waals surface area (Å²) in [5.41, 5.74) is 0.732. The Hall–Kier alpha value is -1.72. The largest absolute Gasteiger partial charge is 0.395 e. The summed E-state index contributed by atoms with van der Waals surface area (Å²) in [6.07, 6.45) is 2.10.